The smallest absolute Gasteiger partial charge is 0.191 e. The van der Waals surface area contributed by atoms with Crippen LogP contribution in [0.1, 0.15) is 43.2 Å². The van der Waals surface area contributed by atoms with Crippen LogP contribution in [0.25, 0.3) is 0 Å². The van der Waals surface area contributed by atoms with Gasteiger partial charge in [-0.2, -0.15) is 11.8 Å². The molecular formula is C16H29IN4OS. The zero-order chi connectivity index (χ0) is 15.8. The molecule has 23 heavy (non-hydrogen) atoms. The van der Waals surface area contributed by atoms with Crippen LogP contribution in [0, 0.1) is 13.8 Å². The van der Waals surface area contributed by atoms with Gasteiger partial charge in [0.25, 0.3) is 0 Å². The van der Waals surface area contributed by atoms with Gasteiger partial charge in [-0.1, -0.05) is 5.16 Å². The first-order valence-electron chi connectivity index (χ1n) is 8.26. The lowest BCUT2D eigenvalue weighted by Crippen LogP contribution is -2.38. The van der Waals surface area contributed by atoms with E-state index in [0.29, 0.717) is 5.25 Å². The van der Waals surface area contributed by atoms with Crippen LogP contribution in [0.3, 0.4) is 0 Å². The Morgan fingerprint density at radius 2 is 2.22 bits per heavy atom. The summed E-state index contributed by atoms with van der Waals surface area (Å²) < 4.78 is 5.20. The fourth-order valence-corrected chi connectivity index (χ4v) is 3.83. The van der Waals surface area contributed by atoms with E-state index in [9.17, 15) is 0 Å². The van der Waals surface area contributed by atoms with Gasteiger partial charge in [0.2, 0.25) is 0 Å². The second kappa shape index (κ2) is 11.2. The molecule has 2 N–H and O–H groups in total. The molecule has 1 saturated heterocycles. The Labute approximate surface area is 160 Å². The average molecular weight is 452 g/mol. The highest BCUT2D eigenvalue weighted by atomic mass is 127. The number of aryl methyl sites for hydroxylation is 2. The monoisotopic (exact) mass is 452 g/mol. The van der Waals surface area contributed by atoms with Crippen LogP contribution in [0.2, 0.25) is 0 Å². The van der Waals surface area contributed by atoms with Crippen molar-refractivity contribution in [2.45, 2.75) is 51.7 Å². The first-order valence-corrected chi connectivity index (χ1v) is 9.31. The van der Waals surface area contributed by atoms with Crippen molar-refractivity contribution in [2.75, 3.05) is 25.4 Å². The normalized spacial score (nSPS) is 17.9. The maximum Gasteiger partial charge on any atom is 0.191 e. The number of hydrogen-bond donors (Lipinski definition) is 2. The third-order valence-corrected chi connectivity index (χ3v) is 5.28. The average Bonchev–Trinajstić information content (AvgIpc) is 3.13. The summed E-state index contributed by atoms with van der Waals surface area (Å²) in [6, 6.07) is 0. The Kier molecular flexibility index (Phi) is 10.0. The molecule has 132 valence electrons. The molecule has 1 aromatic heterocycles. The minimum absolute atomic E-state index is 0. The molecule has 1 fully saturated rings. The summed E-state index contributed by atoms with van der Waals surface area (Å²) in [7, 11) is 0. The third-order valence-electron chi connectivity index (χ3n) is 3.90. The van der Waals surface area contributed by atoms with E-state index < -0.39 is 0 Å². The maximum absolute atomic E-state index is 5.20. The molecule has 1 unspecified atom stereocenters. The summed E-state index contributed by atoms with van der Waals surface area (Å²) in [5.41, 5.74) is 2.25. The molecule has 0 saturated carbocycles. The summed E-state index contributed by atoms with van der Waals surface area (Å²) in [6.45, 7) is 8.81. The SMILES string of the molecule is CCNC(=NCC1CCCS1)NCCCc1c(C)noc1C.I. The van der Waals surface area contributed by atoms with E-state index in [2.05, 4.69) is 34.5 Å². The van der Waals surface area contributed by atoms with Crippen molar-refractivity contribution in [3.63, 3.8) is 0 Å². The fraction of sp³-hybridized carbons (Fsp3) is 0.750. The van der Waals surface area contributed by atoms with Gasteiger partial charge in [0, 0.05) is 23.9 Å². The number of nitrogens with zero attached hydrogens (tertiary/aromatic N) is 2. The predicted octanol–water partition coefficient (Wildman–Crippen LogP) is 3.29. The number of nitrogens with one attached hydrogen (secondary N) is 2. The van der Waals surface area contributed by atoms with Crippen molar-refractivity contribution in [3.05, 3.63) is 17.0 Å². The molecule has 0 radical (unpaired) electrons. The molecule has 1 aliphatic heterocycles. The molecule has 0 amide bonds. The molecule has 2 heterocycles. The van der Waals surface area contributed by atoms with Gasteiger partial charge < -0.3 is 15.2 Å². The van der Waals surface area contributed by atoms with E-state index in [1.807, 2.05) is 13.8 Å². The van der Waals surface area contributed by atoms with E-state index in [1.54, 1.807) is 0 Å². The van der Waals surface area contributed by atoms with E-state index in [1.165, 1.54) is 24.2 Å². The Bertz CT molecular complexity index is 467. The van der Waals surface area contributed by atoms with Gasteiger partial charge in [-0.05, 0) is 52.2 Å². The fourth-order valence-electron chi connectivity index (χ4n) is 2.65. The molecule has 1 aliphatic rings. The molecular weight excluding hydrogens is 423 g/mol. The summed E-state index contributed by atoms with van der Waals surface area (Å²) in [5, 5.41) is 11.5. The molecule has 0 aliphatic carbocycles. The Morgan fingerprint density at radius 1 is 1.39 bits per heavy atom. The van der Waals surface area contributed by atoms with Crippen LogP contribution in [-0.2, 0) is 6.42 Å². The lowest BCUT2D eigenvalue weighted by molar-refractivity contribution is 0.392. The number of thioether (sulfide) groups is 1. The number of halogens is 1. The number of hydrogen-bond acceptors (Lipinski definition) is 4. The van der Waals surface area contributed by atoms with Crippen LogP contribution >= 0.6 is 35.7 Å². The highest BCUT2D eigenvalue weighted by Crippen LogP contribution is 2.25. The Balaban J connectivity index is 0.00000264. The summed E-state index contributed by atoms with van der Waals surface area (Å²) in [6.07, 6.45) is 4.68. The van der Waals surface area contributed by atoms with Crippen molar-refractivity contribution in [3.8, 4) is 0 Å². The number of guanidine groups is 1. The van der Waals surface area contributed by atoms with Crippen molar-refractivity contribution in [2.24, 2.45) is 4.99 Å². The van der Waals surface area contributed by atoms with Gasteiger partial charge in [-0.3, -0.25) is 4.99 Å². The molecule has 2 rings (SSSR count). The number of rotatable bonds is 7. The van der Waals surface area contributed by atoms with Crippen LogP contribution in [-0.4, -0.2) is 41.8 Å². The van der Waals surface area contributed by atoms with Gasteiger partial charge >= 0.3 is 0 Å². The van der Waals surface area contributed by atoms with Gasteiger partial charge in [-0.15, -0.1) is 24.0 Å². The minimum Gasteiger partial charge on any atom is -0.361 e. The predicted molar refractivity (Wildman–Crippen MR) is 109 cm³/mol. The van der Waals surface area contributed by atoms with Crippen LogP contribution < -0.4 is 10.6 Å². The van der Waals surface area contributed by atoms with Gasteiger partial charge in [0.1, 0.15) is 5.76 Å². The molecule has 1 aromatic rings. The number of aromatic nitrogens is 1. The lowest BCUT2D eigenvalue weighted by atomic mass is 10.1. The molecule has 0 bridgehead atoms. The van der Waals surface area contributed by atoms with Crippen molar-refractivity contribution >= 4 is 41.7 Å². The maximum atomic E-state index is 5.20. The summed E-state index contributed by atoms with van der Waals surface area (Å²) in [5.74, 6) is 3.17. The Morgan fingerprint density at radius 3 is 2.83 bits per heavy atom. The summed E-state index contributed by atoms with van der Waals surface area (Å²) >= 11 is 2.05. The highest BCUT2D eigenvalue weighted by molar-refractivity contribution is 14.0. The van der Waals surface area contributed by atoms with Crippen molar-refractivity contribution in [1.29, 1.82) is 0 Å². The molecule has 7 heteroatoms. The highest BCUT2D eigenvalue weighted by Gasteiger charge is 2.15. The third kappa shape index (κ3) is 6.91. The van der Waals surface area contributed by atoms with E-state index in [0.717, 1.165) is 49.9 Å². The largest absolute Gasteiger partial charge is 0.361 e. The lowest BCUT2D eigenvalue weighted by Gasteiger charge is -2.12. The van der Waals surface area contributed by atoms with Crippen LogP contribution in [0.4, 0.5) is 0 Å². The standard InChI is InChI=1S/C16H28N4OS.HI/c1-4-17-16(19-11-14-7-6-10-22-14)18-9-5-8-15-12(2)20-21-13(15)3;/h14H,4-11H2,1-3H3,(H2,17,18,19);1H. The first kappa shape index (κ1) is 20.6. The zero-order valence-corrected chi connectivity index (χ0v) is 17.5. The molecule has 0 spiro atoms. The van der Waals surface area contributed by atoms with Gasteiger partial charge in [0.05, 0.1) is 12.2 Å². The van der Waals surface area contributed by atoms with E-state index in [4.69, 9.17) is 9.52 Å². The van der Waals surface area contributed by atoms with Crippen LogP contribution in [0.15, 0.2) is 9.52 Å². The summed E-state index contributed by atoms with van der Waals surface area (Å²) in [4.78, 5) is 4.71. The second-order valence-corrected chi connectivity index (χ2v) is 7.10. The van der Waals surface area contributed by atoms with E-state index >= 15 is 0 Å². The molecule has 1 atom stereocenters. The van der Waals surface area contributed by atoms with Crippen molar-refractivity contribution in [1.82, 2.24) is 15.8 Å². The van der Waals surface area contributed by atoms with Crippen molar-refractivity contribution < 1.29 is 4.52 Å². The topological polar surface area (TPSA) is 62.5 Å². The zero-order valence-electron chi connectivity index (χ0n) is 14.4. The van der Waals surface area contributed by atoms with Gasteiger partial charge in [0.15, 0.2) is 5.96 Å². The van der Waals surface area contributed by atoms with E-state index in [-0.39, 0.29) is 24.0 Å². The Hall–Kier alpha value is -0.440. The minimum atomic E-state index is 0. The van der Waals surface area contributed by atoms with Gasteiger partial charge in [-0.25, -0.2) is 0 Å². The second-order valence-electron chi connectivity index (χ2n) is 5.69. The molecule has 5 nitrogen and oxygen atoms in total. The molecule has 0 aromatic carbocycles. The quantitative estimate of drug-likeness (QED) is 0.288. The first-order chi connectivity index (χ1) is 10.7. The number of aliphatic imine (C=N–C) groups is 1. The van der Waals surface area contributed by atoms with Crippen LogP contribution in [0.5, 0.6) is 0 Å².